The van der Waals surface area contributed by atoms with Gasteiger partial charge in [0.15, 0.2) is 0 Å². The van der Waals surface area contributed by atoms with Gasteiger partial charge >= 0.3 is 0 Å². The number of thiophene rings is 1. The molecule has 0 fully saturated rings. The van der Waals surface area contributed by atoms with E-state index in [1.807, 2.05) is 17.4 Å². The van der Waals surface area contributed by atoms with Crippen LogP contribution in [0.5, 0.6) is 0 Å². The lowest BCUT2D eigenvalue weighted by atomic mass is 9.94. The molecule has 2 nitrogen and oxygen atoms in total. The number of benzene rings is 10. The number of fused-ring (bicyclic) bond motifs is 6. The molecular formula is C60H39NOS. The topological polar surface area (TPSA) is 16.4 Å². The van der Waals surface area contributed by atoms with Crippen molar-refractivity contribution in [2.24, 2.45) is 0 Å². The summed E-state index contributed by atoms with van der Waals surface area (Å²) >= 11 is 1.89. The Balaban J connectivity index is 0.996. The monoisotopic (exact) mass is 821 g/mol. The molecule has 0 saturated heterocycles. The zero-order valence-corrected chi connectivity index (χ0v) is 35.1. The summed E-state index contributed by atoms with van der Waals surface area (Å²) in [5.41, 5.74) is 17.1. The highest BCUT2D eigenvalue weighted by Gasteiger charge is 2.19. The number of rotatable bonds is 8. The molecule has 296 valence electrons. The Morgan fingerprint density at radius 3 is 1.32 bits per heavy atom. The Labute approximate surface area is 370 Å². The average molecular weight is 822 g/mol. The second-order valence-corrected chi connectivity index (χ2v) is 17.1. The Kier molecular flexibility index (Phi) is 9.06. The van der Waals surface area contributed by atoms with E-state index in [2.05, 4.69) is 235 Å². The van der Waals surface area contributed by atoms with Crippen molar-refractivity contribution in [1.82, 2.24) is 0 Å². The minimum Gasteiger partial charge on any atom is -0.456 e. The van der Waals surface area contributed by atoms with E-state index in [0.29, 0.717) is 0 Å². The van der Waals surface area contributed by atoms with E-state index in [-0.39, 0.29) is 0 Å². The van der Waals surface area contributed by atoms with Gasteiger partial charge in [-0.05, 0) is 117 Å². The first-order chi connectivity index (χ1) is 31.2. The lowest BCUT2D eigenvalue weighted by Gasteiger charge is -2.26. The zero-order chi connectivity index (χ0) is 41.7. The zero-order valence-electron chi connectivity index (χ0n) is 34.3. The highest BCUT2D eigenvalue weighted by Crippen LogP contribution is 2.47. The predicted octanol–water partition coefficient (Wildman–Crippen LogP) is 17.8. The van der Waals surface area contributed by atoms with E-state index in [0.717, 1.165) is 44.6 Å². The Morgan fingerprint density at radius 1 is 0.270 bits per heavy atom. The normalized spacial score (nSPS) is 11.5. The number of para-hydroxylation sites is 1. The van der Waals surface area contributed by atoms with Crippen molar-refractivity contribution in [3.8, 4) is 55.6 Å². The number of nitrogens with zero attached hydrogens (tertiary/aromatic N) is 1. The van der Waals surface area contributed by atoms with E-state index in [1.54, 1.807) is 0 Å². The van der Waals surface area contributed by atoms with Gasteiger partial charge in [0, 0.05) is 53.6 Å². The third-order valence-electron chi connectivity index (χ3n) is 12.3. The largest absolute Gasteiger partial charge is 0.456 e. The van der Waals surface area contributed by atoms with Crippen molar-refractivity contribution in [2.75, 3.05) is 4.90 Å². The summed E-state index contributed by atoms with van der Waals surface area (Å²) in [5.74, 6) is 0. The Bertz CT molecular complexity index is 3490. The molecule has 3 heteroatoms. The summed E-state index contributed by atoms with van der Waals surface area (Å²) in [4.78, 5) is 2.35. The summed E-state index contributed by atoms with van der Waals surface area (Å²) in [5, 5.41) is 4.80. The summed E-state index contributed by atoms with van der Waals surface area (Å²) in [7, 11) is 0. The van der Waals surface area contributed by atoms with Crippen molar-refractivity contribution in [3.63, 3.8) is 0 Å². The maximum absolute atomic E-state index is 6.28. The number of anilines is 3. The first kappa shape index (κ1) is 36.8. The van der Waals surface area contributed by atoms with Crippen LogP contribution in [0.3, 0.4) is 0 Å². The van der Waals surface area contributed by atoms with Crippen LogP contribution in [0.25, 0.3) is 97.7 Å². The van der Waals surface area contributed by atoms with Crippen LogP contribution in [0.4, 0.5) is 17.1 Å². The van der Waals surface area contributed by atoms with Crippen LogP contribution in [0, 0.1) is 0 Å². The molecular weight excluding hydrogens is 783 g/mol. The van der Waals surface area contributed by atoms with E-state index < -0.39 is 0 Å². The molecule has 12 aromatic rings. The van der Waals surface area contributed by atoms with Crippen molar-refractivity contribution in [1.29, 1.82) is 0 Å². The Morgan fingerprint density at radius 2 is 0.714 bits per heavy atom. The highest BCUT2D eigenvalue weighted by molar-refractivity contribution is 7.26. The van der Waals surface area contributed by atoms with Gasteiger partial charge in [0.2, 0.25) is 0 Å². The molecule has 0 aliphatic rings. The minimum absolute atomic E-state index is 0.902. The maximum Gasteiger partial charge on any atom is 0.135 e. The van der Waals surface area contributed by atoms with Crippen molar-refractivity contribution >= 4 is 70.5 Å². The van der Waals surface area contributed by atoms with Gasteiger partial charge in [-0.1, -0.05) is 170 Å². The summed E-state index contributed by atoms with van der Waals surface area (Å²) < 4.78 is 8.86. The fourth-order valence-corrected chi connectivity index (χ4v) is 10.5. The summed E-state index contributed by atoms with van der Waals surface area (Å²) in [6.07, 6.45) is 0. The molecule has 0 atom stereocenters. The molecule has 2 heterocycles. The minimum atomic E-state index is 0.902. The number of hydrogen-bond acceptors (Lipinski definition) is 3. The van der Waals surface area contributed by atoms with Gasteiger partial charge in [0.05, 0.1) is 0 Å². The predicted molar refractivity (Wildman–Crippen MR) is 268 cm³/mol. The van der Waals surface area contributed by atoms with Gasteiger partial charge < -0.3 is 9.32 Å². The fraction of sp³-hybridized carbons (Fsp3) is 0. The standard InChI is InChI=1S/C60H39NOS/c1-4-13-40(14-5-1)42-23-30-48(31-24-42)61(49-32-25-43(26-33-49)41-15-6-2-7-16-41)50-34-27-44(28-35-50)47-38-54(46-29-36-58-55(37-46)52-19-10-11-22-57(52)62-58)60-56(39-47)53-21-12-20-51(59(53)63-60)45-17-8-3-9-18-45/h1-39H. The van der Waals surface area contributed by atoms with Gasteiger partial charge in [-0.25, -0.2) is 0 Å². The number of furan rings is 1. The van der Waals surface area contributed by atoms with Gasteiger partial charge in [-0.15, -0.1) is 11.3 Å². The van der Waals surface area contributed by atoms with Crippen molar-refractivity contribution < 1.29 is 4.42 Å². The van der Waals surface area contributed by atoms with Crippen molar-refractivity contribution in [2.45, 2.75) is 0 Å². The molecule has 0 radical (unpaired) electrons. The molecule has 2 aromatic heterocycles. The average Bonchev–Trinajstić information content (AvgIpc) is 3.94. The molecule has 12 rings (SSSR count). The van der Waals surface area contributed by atoms with E-state index in [1.165, 1.54) is 70.2 Å². The van der Waals surface area contributed by atoms with Gasteiger partial charge in [0.1, 0.15) is 11.2 Å². The van der Waals surface area contributed by atoms with Gasteiger partial charge in [-0.2, -0.15) is 0 Å². The van der Waals surface area contributed by atoms with E-state index >= 15 is 0 Å². The molecule has 63 heavy (non-hydrogen) atoms. The van der Waals surface area contributed by atoms with Crippen LogP contribution >= 0.6 is 11.3 Å². The summed E-state index contributed by atoms with van der Waals surface area (Å²) in [6.45, 7) is 0. The second-order valence-electron chi connectivity index (χ2n) is 16.1. The maximum atomic E-state index is 6.28. The van der Waals surface area contributed by atoms with E-state index in [9.17, 15) is 0 Å². The fourth-order valence-electron chi connectivity index (χ4n) is 9.14. The molecule has 0 aliphatic carbocycles. The Hall–Kier alpha value is -7.98. The molecule has 0 amide bonds. The lowest BCUT2D eigenvalue weighted by Crippen LogP contribution is -2.09. The van der Waals surface area contributed by atoms with Crippen LogP contribution < -0.4 is 4.90 Å². The van der Waals surface area contributed by atoms with Crippen molar-refractivity contribution in [3.05, 3.63) is 237 Å². The first-order valence-electron chi connectivity index (χ1n) is 21.4. The third-order valence-corrected chi connectivity index (χ3v) is 13.6. The first-order valence-corrected chi connectivity index (χ1v) is 22.2. The molecule has 0 unspecified atom stereocenters. The number of hydrogen-bond donors (Lipinski definition) is 0. The smallest absolute Gasteiger partial charge is 0.135 e. The highest BCUT2D eigenvalue weighted by atomic mass is 32.1. The molecule has 0 saturated carbocycles. The van der Waals surface area contributed by atoms with Crippen LogP contribution in [0.2, 0.25) is 0 Å². The molecule has 0 aliphatic heterocycles. The van der Waals surface area contributed by atoms with Crippen LogP contribution in [-0.2, 0) is 0 Å². The van der Waals surface area contributed by atoms with Crippen LogP contribution in [-0.4, -0.2) is 0 Å². The molecule has 0 N–H and O–H groups in total. The van der Waals surface area contributed by atoms with Gasteiger partial charge in [0.25, 0.3) is 0 Å². The quantitative estimate of drug-likeness (QED) is 0.152. The second kappa shape index (κ2) is 15.5. The summed E-state index contributed by atoms with van der Waals surface area (Å²) in [6, 6.07) is 85.3. The molecule has 0 bridgehead atoms. The molecule has 0 spiro atoms. The lowest BCUT2D eigenvalue weighted by molar-refractivity contribution is 0.669. The van der Waals surface area contributed by atoms with Crippen LogP contribution in [0.1, 0.15) is 0 Å². The van der Waals surface area contributed by atoms with Gasteiger partial charge in [-0.3, -0.25) is 0 Å². The van der Waals surface area contributed by atoms with E-state index in [4.69, 9.17) is 4.42 Å². The van der Waals surface area contributed by atoms with Crippen LogP contribution in [0.15, 0.2) is 241 Å². The third kappa shape index (κ3) is 6.67. The SMILES string of the molecule is c1ccc(-c2ccc(N(c3ccc(-c4ccccc4)cc3)c3ccc(-c4cc(-c5ccc6oc7ccccc7c6c5)c5sc6c(-c7ccccc7)cccc6c5c4)cc3)cc2)cc1. The molecule has 10 aromatic carbocycles.